The summed E-state index contributed by atoms with van der Waals surface area (Å²) in [7, 11) is 0. The summed E-state index contributed by atoms with van der Waals surface area (Å²) in [4.78, 5) is 13.1. The minimum Gasteiger partial charge on any atom is -0.385 e. The molecule has 1 aliphatic heterocycles. The van der Waals surface area contributed by atoms with Crippen LogP contribution in [0.4, 0.5) is 23.5 Å². The average molecular weight is 612 g/mol. The highest BCUT2D eigenvalue weighted by Crippen LogP contribution is 2.35. The average Bonchev–Trinajstić information content (AvgIpc) is 3.48. The van der Waals surface area contributed by atoms with Crippen LogP contribution in [-0.2, 0) is 23.5 Å². The Morgan fingerprint density at radius 2 is 1.93 bits per heavy atom. The number of fused-ring (bicyclic) bond motifs is 2. The SMILES string of the molecule is CC(C)n1c(C(C)(C)O)nc2c(F)cc(-c3nc(NC4CCn5nc(COCC(F)(F)F)cc5C4O)ncc3Cl)cc21. The van der Waals surface area contributed by atoms with Crippen LogP contribution < -0.4 is 5.32 Å². The van der Waals surface area contributed by atoms with Crippen molar-refractivity contribution in [2.24, 2.45) is 0 Å². The van der Waals surface area contributed by atoms with E-state index in [4.69, 9.17) is 11.6 Å². The van der Waals surface area contributed by atoms with Gasteiger partial charge in [0.25, 0.3) is 0 Å². The number of aliphatic hydroxyl groups excluding tert-OH is 1. The molecule has 15 heteroatoms. The van der Waals surface area contributed by atoms with Crippen molar-refractivity contribution in [1.82, 2.24) is 29.3 Å². The molecule has 0 fully saturated rings. The first kappa shape index (κ1) is 30.1. The number of alkyl halides is 3. The first-order valence-electron chi connectivity index (χ1n) is 13.3. The highest BCUT2D eigenvalue weighted by atomic mass is 35.5. The molecule has 4 heterocycles. The molecule has 0 aliphatic carbocycles. The lowest BCUT2D eigenvalue weighted by molar-refractivity contribution is -0.176. The third-order valence-corrected chi connectivity index (χ3v) is 7.13. The molecule has 0 spiro atoms. The van der Waals surface area contributed by atoms with Crippen molar-refractivity contribution in [2.75, 3.05) is 11.9 Å². The summed E-state index contributed by atoms with van der Waals surface area (Å²) < 4.78 is 60.5. The molecule has 226 valence electrons. The summed E-state index contributed by atoms with van der Waals surface area (Å²) in [6, 6.07) is 3.78. The van der Waals surface area contributed by atoms with Crippen LogP contribution in [0.3, 0.4) is 0 Å². The lowest BCUT2D eigenvalue weighted by atomic mass is 10.0. The van der Waals surface area contributed by atoms with Gasteiger partial charge in [-0.25, -0.2) is 19.3 Å². The molecule has 3 N–H and O–H groups in total. The van der Waals surface area contributed by atoms with E-state index in [0.717, 1.165) is 0 Å². The highest BCUT2D eigenvalue weighted by Gasteiger charge is 2.32. The van der Waals surface area contributed by atoms with Crippen molar-refractivity contribution in [3.63, 3.8) is 0 Å². The number of halogens is 5. The van der Waals surface area contributed by atoms with E-state index in [1.807, 2.05) is 13.8 Å². The van der Waals surface area contributed by atoms with Crippen LogP contribution in [0.25, 0.3) is 22.3 Å². The monoisotopic (exact) mass is 611 g/mol. The molecular formula is C27H30ClF4N7O3. The van der Waals surface area contributed by atoms with Crippen LogP contribution >= 0.6 is 11.6 Å². The number of ether oxygens (including phenoxy) is 1. The van der Waals surface area contributed by atoms with E-state index in [1.54, 1.807) is 24.5 Å². The summed E-state index contributed by atoms with van der Waals surface area (Å²) >= 11 is 6.44. The van der Waals surface area contributed by atoms with Gasteiger partial charge in [-0.05, 0) is 52.3 Å². The maximum atomic E-state index is 15.3. The third-order valence-electron chi connectivity index (χ3n) is 6.86. The van der Waals surface area contributed by atoms with Gasteiger partial charge in [-0.3, -0.25) is 4.68 Å². The third kappa shape index (κ3) is 6.07. The van der Waals surface area contributed by atoms with Crippen molar-refractivity contribution in [2.45, 2.75) is 77.2 Å². The number of imidazole rings is 1. The van der Waals surface area contributed by atoms with E-state index in [1.165, 1.54) is 23.0 Å². The van der Waals surface area contributed by atoms with Crippen molar-refractivity contribution in [3.05, 3.63) is 52.4 Å². The van der Waals surface area contributed by atoms with E-state index in [-0.39, 0.29) is 40.5 Å². The smallest absolute Gasteiger partial charge is 0.385 e. The number of anilines is 1. The Bertz CT molecular complexity index is 1610. The predicted molar refractivity (Wildman–Crippen MR) is 146 cm³/mol. The molecule has 4 aromatic rings. The molecule has 0 amide bonds. The molecule has 10 nitrogen and oxygen atoms in total. The number of aliphatic hydroxyl groups is 2. The predicted octanol–water partition coefficient (Wildman–Crippen LogP) is 5.29. The van der Waals surface area contributed by atoms with E-state index < -0.39 is 36.3 Å². The van der Waals surface area contributed by atoms with Gasteiger partial charge in [0.05, 0.1) is 46.5 Å². The summed E-state index contributed by atoms with van der Waals surface area (Å²) in [6.07, 6.45) is -3.74. The Hall–Kier alpha value is -3.33. The van der Waals surface area contributed by atoms with Gasteiger partial charge >= 0.3 is 6.18 Å². The Balaban J connectivity index is 1.41. The topological polar surface area (TPSA) is 123 Å². The first-order chi connectivity index (χ1) is 19.6. The summed E-state index contributed by atoms with van der Waals surface area (Å²) in [5.74, 6) is -0.155. The second-order valence-corrected chi connectivity index (χ2v) is 11.5. The van der Waals surface area contributed by atoms with Gasteiger partial charge in [0.1, 0.15) is 29.7 Å². The molecule has 0 bridgehead atoms. The fourth-order valence-electron chi connectivity index (χ4n) is 5.07. The highest BCUT2D eigenvalue weighted by molar-refractivity contribution is 6.33. The van der Waals surface area contributed by atoms with Crippen LogP contribution in [0.5, 0.6) is 0 Å². The van der Waals surface area contributed by atoms with Gasteiger partial charge < -0.3 is 24.8 Å². The number of aryl methyl sites for hydroxylation is 1. The lowest BCUT2D eigenvalue weighted by Gasteiger charge is -2.29. The number of nitrogens with zero attached hydrogens (tertiary/aromatic N) is 6. The Morgan fingerprint density at radius 1 is 1.19 bits per heavy atom. The van der Waals surface area contributed by atoms with Crippen molar-refractivity contribution < 1.29 is 32.5 Å². The van der Waals surface area contributed by atoms with Gasteiger partial charge in [-0.15, -0.1) is 0 Å². The number of hydrogen-bond acceptors (Lipinski definition) is 8. The Morgan fingerprint density at radius 3 is 2.60 bits per heavy atom. The summed E-state index contributed by atoms with van der Waals surface area (Å²) in [5.41, 5.74) is 0.555. The Labute approximate surface area is 243 Å². The molecule has 1 aliphatic rings. The van der Waals surface area contributed by atoms with Crippen LogP contribution in [0, 0.1) is 5.82 Å². The first-order valence-corrected chi connectivity index (χ1v) is 13.6. The number of rotatable bonds is 8. The molecule has 2 atom stereocenters. The number of hydrogen-bond donors (Lipinski definition) is 3. The zero-order valence-electron chi connectivity index (χ0n) is 23.2. The van der Waals surface area contributed by atoms with Crippen LogP contribution in [-0.4, -0.2) is 58.3 Å². The molecule has 42 heavy (non-hydrogen) atoms. The van der Waals surface area contributed by atoms with Crippen LogP contribution in [0.15, 0.2) is 24.4 Å². The number of benzene rings is 1. The van der Waals surface area contributed by atoms with Gasteiger partial charge in [0.15, 0.2) is 5.82 Å². The van der Waals surface area contributed by atoms with Gasteiger partial charge in [-0.1, -0.05) is 11.6 Å². The largest absolute Gasteiger partial charge is 0.411 e. The number of aromatic nitrogens is 6. The zero-order valence-corrected chi connectivity index (χ0v) is 24.0. The second-order valence-electron chi connectivity index (χ2n) is 11.1. The fourth-order valence-corrected chi connectivity index (χ4v) is 5.27. The maximum Gasteiger partial charge on any atom is 0.411 e. The zero-order chi connectivity index (χ0) is 30.6. The standard InChI is InChI=1S/C27H30ClF4N7O3/c1-13(2)39-19-8-14(7-17(29)22(19)35-24(39)26(3,4)41)21-16(28)10-33-25(36-21)34-18-5-6-38-20(23(18)40)9-15(37-38)11-42-12-27(30,31)32/h7-10,13,18,23,40-41H,5-6,11-12H2,1-4H3,(H,33,34,36). The second kappa shape index (κ2) is 11.1. The molecule has 2 unspecified atom stereocenters. The van der Waals surface area contributed by atoms with Crippen LogP contribution in [0.1, 0.15) is 63.5 Å². The van der Waals surface area contributed by atoms with Gasteiger partial charge in [0, 0.05) is 18.2 Å². The van der Waals surface area contributed by atoms with E-state index in [2.05, 4.69) is 30.1 Å². The minimum atomic E-state index is -4.45. The van der Waals surface area contributed by atoms with E-state index in [9.17, 15) is 23.4 Å². The minimum absolute atomic E-state index is 0.109. The summed E-state index contributed by atoms with van der Waals surface area (Å²) in [6.45, 7) is 5.62. The van der Waals surface area contributed by atoms with Crippen molar-refractivity contribution >= 4 is 28.6 Å². The van der Waals surface area contributed by atoms with E-state index >= 15 is 4.39 Å². The fraction of sp³-hybridized carbons (Fsp3) is 0.481. The molecule has 0 saturated carbocycles. The molecule has 1 aromatic carbocycles. The quantitative estimate of drug-likeness (QED) is 0.230. The molecule has 0 saturated heterocycles. The maximum absolute atomic E-state index is 15.3. The van der Waals surface area contributed by atoms with Gasteiger partial charge in [0.2, 0.25) is 5.95 Å². The molecule has 0 radical (unpaired) electrons. The summed E-state index contributed by atoms with van der Waals surface area (Å²) in [5, 5.41) is 29.1. The van der Waals surface area contributed by atoms with E-state index in [0.29, 0.717) is 35.6 Å². The molecular weight excluding hydrogens is 582 g/mol. The molecule has 5 rings (SSSR count). The lowest BCUT2D eigenvalue weighted by Crippen LogP contribution is -2.35. The van der Waals surface area contributed by atoms with Crippen molar-refractivity contribution in [1.29, 1.82) is 0 Å². The van der Waals surface area contributed by atoms with Gasteiger partial charge in [-0.2, -0.15) is 18.3 Å². The Kier molecular flexibility index (Phi) is 7.94. The molecule has 3 aromatic heterocycles. The number of nitrogens with one attached hydrogen (secondary N) is 1. The van der Waals surface area contributed by atoms with Crippen LogP contribution in [0.2, 0.25) is 5.02 Å². The van der Waals surface area contributed by atoms with Crippen molar-refractivity contribution in [3.8, 4) is 11.3 Å². The normalized spacial score (nSPS) is 17.7.